The molecule has 1 saturated heterocycles. The molecular weight excluding hydrogens is 388 g/mol. The van der Waals surface area contributed by atoms with Gasteiger partial charge in [-0.25, -0.2) is 8.42 Å². The Hall–Kier alpha value is -2.38. The quantitative estimate of drug-likeness (QED) is 0.834. The molecule has 29 heavy (non-hydrogen) atoms. The summed E-state index contributed by atoms with van der Waals surface area (Å²) in [5, 5.41) is 3.10. The zero-order valence-corrected chi connectivity index (χ0v) is 17.5. The van der Waals surface area contributed by atoms with Crippen LogP contribution < -0.4 is 10.1 Å². The maximum Gasteiger partial charge on any atom is 0.243 e. The first-order valence-electron chi connectivity index (χ1n) is 9.99. The molecule has 1 fully saturated rings. The Kier molecular flexibility index (Phi) is 5.36. The van der Waals surface area contributed by atoms with Gasteiger partial charge in [-0.2, -0.15) is 4.31 Å². The molecule has 6 nitrogen and oxygen atoms in total. The van der Waals surface area contributed by atoms with Gasteiger partial charge in [0.25, 0.3) is 0 Å². The molecule has 154 valence electrons. The second-order valence-electron chi connectivity index (χ2n) is 7.79. The van der Waals surface area contributed by atoms with Crippen molar-refractivity contribution in [2.75, 3.05) is 13.2 Å². The maximum atomic E-state index is 13.1. The van der Waals surface area contributed by atoms with Crippen molar-refractivity contribution in [1.29, 1.82) is 0 Å². The summed E-state index contributed by atoms with van der Waals surface area (Å²) >= 11 is 0. The number of amides is 1. The first-order valence-corrected chi connectivity index (χ1v) is 11.4. The third kappa shape index (κ3) is 3.76. The molecule has 0 saturated carbocycles. The summed E-state index contributed by atoms with van der Waals surface area (Å²) in [7, 11) is -3.70. The van der Waals surface area contributed by atoms with Gasteiger partial charge >= 0.3 is 0 Å². The first-order chi connectivity index (χ1) is 13.9. The van der Waals surface area contributed by atoms with Gasteiger partial charge in [-0.1, -0.05) is 35.9 Å². The van der Waals surface area contributed by atoms with Crippen LogP contribution in [0.2, 0.25) is 0 Å². The lowest BCUT2D eigenvalue weighted by molar-refractivity contribution is -0.125. The lowest BCUT2D eigenvalue weighted by Crippen LogP contribution is -2.47. The number of benzene rings is 2. The largest absolute Gasteiger partial charge is 0.493 e. The van der Waals surface area contributed by atoms with Gasteiger partial charge in [0.15, 0.2) is 0 Å². The van der Waals surface area contributed by atoms with E-state index >= 15 is 0 Å². The van der Waals surface area contributed by atoms with Crippen molar-refractivity contribution in [3.05, 3.63) is 59.2 Å². The van der Waals surface area contributed by atoms with Crippen LogP contribution in [0.15, 0.2) is 47.4 Å². The van der Waals surface area contributed by atoms with Gasteiger partial charge in [-0.3, -0.25) is 4.79 Å². The Morgan fingerprint density at radius 2 is 1.90 bits per heavy atom. The van der Waals surface area contributed by atoms with Crippen molar-refractivity contribution in [1.82, 2.24) is 9.62 Å². The van der Waals surface area contributed by atoms with E-state index in [0.29, 0.717) is 32.4 Å². The second-order valence-corrected chi connectivity index (χ2v) is 9.68. The Balaban J connectivity index is 1.57. The van der Waals surface area contributed by atoms with E-state index in [1.54, 1.807) is 30.3 Å². The third-order valence-corrected chi connectivity index (χ3v) is 7.57. The van der Waals surface area contributed by atoms with E-state index in [9.17, 15) is 13.2 Å². The van der Waals surface area contributed by atoms with Crippen molar-refractivity contribution in [2.45, 2.75) is 50.1 Å². The minimum Gasteiger partial charge on any atom is -0.493 e. The Bertz CT molecular complexity index is 1020. The van der Waals surface area contributed by atoms with Gasteiger partial charge in [0.05, 0.1) is 17.5 Å². The number of aryl methyl sites for hydroxylation is 2. The van der Waals surface area contributed by atoms with Crippen molar-refractivity contribution >= 4 is 15.9 Å². The number of sulfonamides is 1. The molecule has 2 aliphatic rings. The number of carbonyl (C=O) groups is 1. The fraction of sp³-hybridized carbons (Fsp3) is 0.409. The number of rotatable bonds is 4. The summed E-state index contributed by atoms with van der Waals surface area (Å²) in [4.78, 5) is 13.3. The van der Waals surface area contributed by atoms with E-state index in [1.807, 2.05) is 19.9 Å². The normalized spacial score (nSPS) is 22.0. The Morgan fingerprint density at radius 1 is 1.14 bits per heavy atom. The molecule has 0 aromatic heterocycles. The van der Waals surface area contributed by atoms with Gasteiger partial charge in [-0.05, 0) is 44.4 Å². The van der Waals surface area contributed by atoms with Crippen LogP contribution in [0.3, 0.4) is 0 Å². The number of carbonyl (C=O) groups excluding carboxylic acids is 1. The molecule has 0 radical (unpaired) electrons. The second kappa shape index (κ2) is 7.80. The van der Waals surface area contributed by atoms with Gasteiger partial charge in [-0.15, -0.1) is 0 Å². The molecule has 2 aliphatic heterocycles. The molecule has 7 heteroatoms. The predicted molar refractivity (Wildman–Crippen MR) is 110 cm³/mol. The van der Waals surface area contributed by atoms with Gasteiger partial charge < -0.3 is 10.1 Å². The van der Waals surface area contributed by atoms with Gasteiger partial charge in [0, 0.05) is 18.5 Å². The molecule has 0 spiro atoms. The molecule has 2 heterocycles. The zero-order chi connectivity index (χ0) is 20.6. The topological polar surface area (TPSA) is 75.7 Å². The molecule has 0 aliphatic carbocycles. The Labute approximate surface area is 171 Å². The maximum absolute atomic E-state index is 13.1. The summed E-state index contributed by atoms with van der Waals surface area (Å²) in [5.41, 5.74) is 3.13. The summed E-state index contributed by atoms with van der Waals surface area (Å²) in [6.07, 6.45) is 1.87. The van der Waals surface area contributed by atoms with Crippen molar-refractivity contribution in [3.63, 3.8) is 0 Å². The highest BCUT2D eigenvalue weighted by Gasteiger charge is 2.40. The van der Waals surface area contributed by atoms with Crippen LogP contribution in [0.25, 0.3) is 0 Å². The van der Waals surface area contributed by atoms with Crippen molar-refractivity contribution in [3.8, 4) is 5.75 Å². The minimum atomic E-state index is -3.70. The number of nitrogens with zero attached hydrogens (tertiary/aromatic N) is 1. The molecule has 2 aromatic carbocycles. The van der Waals surface area contributed by atoms with Crippen LogP contribution in [-0.2, 0) is 14.8 Å². The monoisotopic (exact) mass is 414 g/mol. The molecule has 2 atom stereocenters. The molecule has 2 unspecified atom stereocenters. The minimum absolute atomic E-state index is 0.174. The van der Waals surface area contributed by atoms with E-state index in [4.69, 9.17) is 4.74 Å². The van der Waals surface area contributed by atoms with Crippen LogP contribution >= 0.6 is 0 Å². The smallest absolute Gasteiger partial charge is 0.243 e. The van der Waals surface area contributed by atoms with E-state index in [2.05, 4.69) is 11.4 Å². The van der Waals surface area contributed by atoms with E-state index < -0.39 is 16.1 Å². The molecule has 2 aromatic rings. The van der Waals surface area contributed by atoms with Crippen LogP contribution in [0, 0.1) is 13.8 Å². The van der Waals surface area contributed by atoms with Crippen LogP contribution in [0.4, 0.5) is 0 Å². The average molecular weight is 415 g/mol. The van der Waals surface area contributed by atoms with Crippen molar-refractivity contribution < 1.29 is 17.9 Å². The first kappa shape index (κ1) is 19.9. The lowest BCUT2D eigenvalue weighted by atomic mass is 9.95. The van der Waals surface area contributed by atoms with Crippen LogP contribution in [0.1, 0.15) is 42.0 Å². The average Bonchev–Trinajstić information content (AvgIpc) is 3.20. The third-order valence-electron chi connectivity index (χ3n) is 5.65. The van der Waals surface area contributed by atoms with Crippen LogP contribution in [-0.4, -0.2) is 37.8 Å². The fourth-order valence-electron chi connectivity index (χ4n) is 4.31. The van der Waals surface area contributed by atoms with Gasteiger partial charge in [0.1, 0.15) is 11.8 Å². The van der Waals surface area contributed by atoms with Crippen LogP contribution in [0.5, 0.6) is 5.75 Å². The number of ether oxygens (including phenoxy) is 1. The highest BCUT2D eigenvalue weighted by Crippen LogP contribution is 2.36. The summed E-state index contributed by atoms with van der Waals surface area (Å²) in [5.74, 6) is 0.589. The lowest BCUT2D eigenvalue weighted by Gasteiger charge is -2.30. The SMILES string of the molecule is Cc1cc(C)c2c(c1)C(NC(=O)C1CCCN1S(=O)(=O)c1ccccc1)CCO2. The summed E-state index contributed by atoms with van der Waals surface area (Å²) in [6, 6.07) is 11.6. The molecule has 1 N–H and O–H groups in total. The summed E-state index contributed by atoms with van der Waals surface area (Å²) in [6.45, 7) is 4.91. The van der Waals surface area contributed by atoms with E-state index in [-0.39, 0.29) is 16.8 Å². The molecular formula is C22H26N2O4S. The molecule has 4 rings (SSSR count). The molecule has 1 amide bonds. The summed E-state index contributed by atoms with van der Waals surface area (Å²) < 4.78 is 33.3. The van der Waals surface area contributed by atoms with E-state index in [1.165, 1.54) is 4.31 Å². The zero-order valence-electron chi connectivity index (χ0n) is 16.7. The van der Waals surface area contributed by atoms with Crippen molar-refractivity contribution in [2.24, 2.45) is 0 Å². The number of nitrogens with one attached hydrogen (secondary N) is 1. The van der Waals surface area contributed by atoms with E-state index in [0.717, 1.165) is 22.4 Å². The standard InChI is InChI=1S/C22H26N2O4S/c1-15-13-16(2)21-18(14-15)19(10-12-28-21)23-22(25)20-9-6-11-24(20)29(26,27)17-7-4-3-5-8-17/h3-5,7-8,13-14,19-20H,6,9-12H2,1-2H3,(H,23,25). The number of hydrogen-bond donors (Lipinski definition) is 1. The highest BCUT2D eigenvalue weighted by molar-refractivity contribution is 7.89. The number of fused-ring (bicyclic) bond motifs is 1. The van der Waals surface area contributed by atoms with Gasteiger partial charge in [0.2, 0.25) is 15.9 Å². The molecule has 0 bridgehead atoms. The Morgan fingerprint density at radius 3 is 2.66 bits per heavy atom. The fourth-order valence-corrected chi connectivity index (χ4v) is 5.99. The number of hydrogen-bond acceptors (Lipinski definition) is 4. The highest BCUT2D eigenvalue weighted by atomic mass is 32.2. The predicted octanol–water partition coefficient (Wildman–Crippen LogP) is 3.10.